The van der Waals surface area contributed by atoms with Crippen LogP contribution in [0.15, 0.2) is 24.3 Å². The van der Waals surface area contributed by atoms with Crippen LogP contribution < -0.4 is 5.73 Å². The van der Waals surface area contributed by atoms with Gasteiger partial charge in [-0.1, -0.05) is 24.3 Å². The molecule has 2 heteroatoms. The minimum absolute atomic E-state index is 0.138. The summed E-state index contributed by atoms with van der Waals surface area (Å²) >= 11 is 0. The van der Waals surface area contributed by atoms with E-state index >= 15 is 0 Å². The lowest BCUT2D eigenvalue weighted by Crippen LogP contribution is -2.22. The Bertz CT molecular complexity index is 305. The molecule has 0 saturated carbocycles. The summed E-state index contributed by atoms with van der Waals surface area (Å²) in [4.78, 5) is 0. The highest BCUT2D eigenvalue weighted by Gasteiger charge is 2.24. The van der Waals surface area contributed by atoms with Crippen molar-refractivity contribution in [3.8, 4) is 0 Å². The second-order valence-electron chi connectivity index (χ2n) is 4.01. The predicted octanol–water partition coefficient (Wildman–Crippen LogP) is 2.03. The van der Waals surface area contributed by atoms with Crippen molar-refractivity contribution >= 4 is 0 Å². The molecule has 2 atom stereocenters. The third kappa shape index (κ3) is 1.81. The average Bonchev–Trinajstić information content (AvgIpc) is 2.70. The van der Waals surface area contributed by atoms with E-state index in [1.165, 1.54) is 11.1 Å². The molecule has 2 unspecified atom stereocenters. The number of ether oxygens (including phenoxy) is 1. The van der Waals surface area contributed by atoms with Crippen LogP contribution in [0.25, 0.3) is 0 Å². The standard InChI is InChI=1S/C12H17NO/c1-9-4-2-3-5-11(9)12(13)10-6-7-14-8-10/h2-5,10,12H,6-8,13H2,1H3. The minimum Gasteiger partial charge on any atom is -0.381 e. The Hall–Kier alpha value is -0.860. The van der Waals surface area contributed by atoms with Gasteiger partial charge in [-0.05, 0) is 24.5 Å². The molecule has 2 rings (SSSR count). The van der Waals surface area contributed by atoms with Gasteiger partial charge in [0.15, 0.2) is 0 Å². The molecule has 14 heavy (non-hydrogen) atoms. The Morgan fingerprint density at radius 1 is 1.43 bits per heavy atom. The van der Waals surface area contributed by atoms with E-state index in [9.17, 15) is 0 Å². The van der Waals surface area contributed by atoms with Crippen molar-refractivity contribution in [2.24, 2.45) is 11.7 Å². The summed E-state index contributed by atoms with van der Waals surface area (Å²) < 4.78 is 5.36. The summed E-state index contributed by atoms with van der Waals surface area (Å²) in [7, 11) is 0. The molecule has 0 aliphatic carbocycles. The van der Waals surface area contributed by atoms with Gasteiger partial charge in [0, 0.05) is 18.6 Å². The van der Waals surface area contributed by atoms with Gasteiger partial charge < -0.3 is 10.5 Å². The van der Waals surface area contributed by atoms with Crippen molar-refractivity contribution in [3.63, 3.8) is 0 Å². The minimum atomic E-state index is 0.138. The number of benzene rings is 1. The van der Waals surface area contributed by atoms with Crippen molar-refractivity contribution < 1.29 is 4.74 Å². The lowest BCUT2D eigenvalue weighted by Gasteiger charge is -2.19. The van der Waals surface area contributed by atoms with Crippen LogP contribution in [0, 0.1) is 12.8 Å². The lowest BCUT2D eigenvalue weighted by atomic mass is 9.91. The van der Waals surface area contributed by atoms with Gasteiger partial charge in [0.2, 0.25) is 0 Å². The molecule has 1 aliphatic rings. The molecule has 2 N–H and O–H groups in total. The molecule has 0 amide bonds. The normalized spacial score (nSPS) is 23.7. The van der Waals surface area contributed by atoms with Crippen molar-refractivity contribution in [1.29, 1.82) is 0 Å². The fraction of sp³-hybridized carbons (Fsp3) is 0.500. The molecule has 1 saturated heterocycles. The largest absolute Gasteiger partial charge is 0.381 e. The summed E-state index contributed by atoms with van der Waals surface area (Å²) in [5.74, 6) is 0.496. The van der Waals surface area contributed by atoms with E-state index < -0.39 is 0 Å². The second-order valence-corrected chi connectivity index (χ2v) is 4.01. The van der Waals surface area contributed by atoms with Crippen LogP contribution in [0.3, 0.4) is 0 Å². The molecule has 0 aromatic heterocycles. The first-order chi connectivity index (χ1) is 6.79. The zero-order valence-electron chi connectivity index (χ0n) is 8.57. The number of hydrogen-bond acceptors (Lipinski definition) is 2. The van der Waals surface area contributed by atoms with Crippen LogP contribution in [0.4, 0.5) is 0 Å². The summed E-state index contributed by atoms with van der Waals surface area (Å²) in [5.41, 5.74) is 8.77. The van der Waals surface area contributed by atoms with Gasteiger partial charge >= 0.3 is 0 Å². The SMILES string of the molecule is Cc1ccccc1C(N)C1CCOC1. The first kappa shape index (κ1) is 9.69. The molecule has 76 valence electrons. The summed E-state index contributed by atoms with van der Waals surface area (Å²) in [6.45, 7) is 3.80. The van der Waals surface area contributed by atoms with E-state index in [-0.39, 0.29) is 6.04 Å². The molecule has 1 heterocycles. The van der Waals surface area contributed by atoms with Gasteiger partial charge in [-0.3, -0.25) is 0 Å². The fourth-order valence-electron chi connectivity index (χ4n) is 2.05. The van der Waals surface area contributed by atoms with E-state index in [1.54, 1.807) is 0 Å². The maximum atomic E-state index is 6.22. The first-order valence-corrected chi connectivity index (χ1v) is 5.18. The van der Waals surface area contributed by atoms with Crippen molar-refractivity contribution in [2.75, 3.05) is 13.2 Å². The molecular formula is C12H17NO. The molecule has 2 nitrogen and oxygen atoms in total. The topological polar surface area (TPSA) is 35.2 Å². The van der Waals surface area contributed by atoms with Gasteiger partial charge in [-0.25, -0.2) is 0 Å². The van der Waals surface area contributed by atoms with Crippen LogP contribution in [-0.4, -0.2) is 13.2 Å². The van der Waals surface area contributed by atoms with Gasteiger partial charge in [-0.2, -0.15) is 0 Å². The quantitative estimate of drug-likeness (QED) is 0.776. The number of hydrogen-bond donors (Lipinski definition) is 1. The molecule has 1 aromatic carbocycles. The highest BCUT2D eigenvalue weighted by molar-refractivity contribution is 5.29. The van der Waals surface area contributed by atoms with Crippen molar-refractivity contribution in [2.45, 2.75) is 19.4 Å². The van der Waals surface area contributed by atoms with Crippen LogP contribution in [0.5, 0.6) is 0 Å². The van der Waals surface area contributed by atoms with E-state index in [0.717, 1.165) is 19.6 Å². The maximum Gasteiger partial charge on any atom is 0.0513 e. The van der Waals surface area contributed by atoms with Crippen LogP contribution in [-0.2, 0) is 4.74 Å². The Kier molecular flexibility index (Phi) is 2.85. The summed E-state index contributed by atoms with van der Waals surface area (Å²) in [6, 6.07) is 8.48. The van der Waals surface area contributed by atoms with Crippen LogP contribution in [0.2, 0.25) is 0 Å². The van der Waals surface area contributed by atoms with Crippen molar-refractivity contribution in [1.82, 2.24) is 0 Å². The van der Waals surface area contributed by atoms with Crippen LogP contribution in [0.1, 0.15) is 23.6 Å². The van der Waals surface area contributed by atoms with Gasteiger partial charge in [0.1, 0.15) is 0 Å². The molecule has 1 aromatic rings. The average molecular weight is 191 g/mol. The Balaban J connectivity index is 2.17. The zero-order valence-corrected chi connectivity index (χ0v) is 8.57. The Labute approximate surface area is 85.1 Å². The highest BCUT2D eigenvalue weighted by atomic mass is 16.5. The smallest absolute Gasteiger partial charge is 0.0513 e. The van der Waals surface area contributed by atoms with Crippen LogP contribution >= 0.6 is 0 Å². The number of rotatable bonds is 2. The maximum absolute atomic E-state index is 6.22. The van der Waals surface area contributed by atoms with Gasteiger partial charge in [0.25, 0.3) is 0 Å². The van der Waals surface area contributed by atoms with Crippen molar-refractivity contribution in [3.05, 3.63) is 35.4 Å². The second kappa shape index (κ2) is 4.11. The van der Waals surface area contributed by atoms with E-state index in [0.29, 0.717) is 5.92 Å². The first-order valence-electron chi connectivity index (χ1n) is 5.18. The zero-order chi connectivity index (χ0) is 9.97. The fourth-order valence-corrected chi connectivity index (χ4v) is 2.05. The molecular weight excluding hydrogens is 174 g/mol. The van der Waals surface area contributed by atoms with Gasteiger partial charge in [-0.15, -0.1) is 0 Å². The molecule has 0 radical (unpaired) electrons. The molecule has 1 fully saturated rings. The van der Waals surface area contributed by atoms with E-state index in [1.807, 2.05) is 0 Å². The summed E-state index contributed by atoms with van der Waals surface area (Å²) in [5, 5.41) is 0. The predicted molar refractivity (Wildman–Crippen MR) is 57.0 cm³/mol. The third-order valence-corrected chi connectivity index (χ3v) is 3.02. The summed E-state index contributed by atoms with van der Waals surface area (Å²) in [6.07, 6.45) is 1.09. The van der Waals surface area contributed by atoms with Gasteiger partial charge in [0.05, 0.1) is 6.61 Å². The Morgan fingerprint density at radius 2 is 2.21 bits per heavy atom. The third-order valence-electron chi connectivity index (χ3n) is 3.02. The number of nitrogens with two attached hydrogens (primary N) is 1. The molecule has 1 aliphatic heterocycles. The molecule has 0 bridgehead atoms. The lowest BCUT2D eigenvalue weighted by molar-refractivity contribution is 0.181. The monoisotopic (exact) mass is 191 g/mol. The molecule has 0 spiro atoms. The highest BCUT2D eigenvalue weighted by Crippen LogP contribution is 2.28. The number of aryl methyl sites for hydroxylation is 1. The van der Waals surface area contributed by atoms with E-state index in [4.69, 9.17) is 10.5 Å². The van der Waals surface area contributed by atoms with E-state index in [2.05, 4.69) is 31.2 Å². The Morgan fingerprint density at radius 3 is 2.86 bits per heavy atom.